The van der Waals surface area contributed by atoms with E-state index in [0.717, 1.165) is 4.68 Å². The molecule has 0 saturated heterocycles. The number of carbonyl (C=O) groups excluding carboxylic acids is 1. The Bertz CT molecular complexity index is 610. The predicted octanol–water partition coefficient (Wildman–Crippen LogP) is 0.487. The van der Waals surface area contributed by atoms with Crippen LogP contribution in [0.4, 0.5) is 14.6 Å². The molecule has 0 aromatic carbocycles. The van der Waals surface area contributed by atoms with Gasteiger partial charge >= 0.3 is 0 Å². The fourth-order valence-electron chi connectivity index (χ4n) is 1.32. The Labute approximate surface area is 100 Å². The molecule has 2 aromatic heterocycles. The van der Waals surface area contributed by atoms with Crippen LogP contribution in [0.25, 0.3) is 5.82 Å². The van der Waals surface area contributed by atoms with Gasteiger partial charge in [-0.05, 0) is 6.07 Å². The quantitative estimate of drug-likeness (QED) is 0.815. The fourth-order valence-corrected chi connectivity index (χ4v) is 1.32. The van der Waals surface area contributed by atoms with Crippen LogP contribution in [0.5, 0.6) is 0 Å². The van der Waals surface area contributed by atoms with Crippen molar-refractivity contribution in [2.24, 2.45) is 0 Å². The molecule has 0 saturated carbocycles. The summed E-state index contributed by atoms with van der Waals surface area (Å²) in [6, 6.07) is 1.98. The van der Waals surface area contributed by atoms with Crippen molar-refractivity contribution >= 4 is 11.7 Å². The number of nitrogens with zero attached hydrogens (tertiary/aromatic N) is 3. The Morgan fingerprint density at radius 3 is 2.83 bits per heavy atom. The third-order valence-electron chi connectivity index (χ3n) is 2.20. The van der Waals surface area contributed by atoms with Crippen LogP contribution >= 0.6 is 0 Å². The normalized spacial score (nSPS) is 10.4. The van der Waals surface area contributed by atoms with Gasteiger partial charge in [-0.2, -0.15) is 5.10 Å². The second-order valence-corrected chi connectivity index (χ2v) is 3.39. The first kappa shape index (κ1) is 12.0. The van der Waals surface area contributed by atoms with Gasteiger partial charge < -0.3 is 11.1 Å². The topological polar surface area (TPSA) is 85.8 Å². The summed E-state index contributed by atoms with van der Waals surface area (Å²) in [6.07, 6.45) is 1.33. The Morgan fingerprint density at radius 1 is 1.44 bits per heavy atom. The molecule has 2 rings (SSSR count). The maximum absolute atomic E-state index is 13.5. The van der Waals surface area contributed by atoms with E-state index >= 15 is 0 Å². The lowest BCUT2D eigenvalue weighted by molar-refractivity contribution is 0.0957. The number of anilines is 1. The second-order valence-electron chi connectivity index (χ2n) is 3.39. The molecule has 0 bridgehead atoms. The van der Waals surface area contributed by atoms with E-state index in [1.165, 1.54) is 19.3 Å². The third kappa shape index (κ3) is 1.99. The molecule has 1 amide bonds. The molecule has 0 atom stereocenters. The summed E-state index contributed by atoms with van der Waals surface area (Å²) < 4.78 is 27.4. The number of nitrogen functional groups attached to an aromatic ring is 1. The average Bonchev–Trinajstić information content (AvgIpc) is 2.82. The van der Waals surface area contributed by atoms with Gasteiger partial charge in [-0.25, -0.2) is 18.4 Å². The smallest absolute Gasteiger partial charge is 0.271 e. The molecule has 94 valence electrons. The highest BCUT2D eigenvalue weighted by molar-refractivity contribution is 5.91. The summed E-state index contributed by atoms with van der Waals surface area (Å²) in [5.41, 5.74) is 5.33. The Hall–Kier alpha value is -2.51. The van der Waals surface area contributed by atoms with E-state index in [4.69, 9.17) is 5.73 Å². The van der Waals surface area contributed by atoms with Crippen molar-refractivity contribution in [1.29, 1.82) is 0 Å². The largest absolute Gasteiger partial charge is 0.381 e. The molecular formula is C10H9F2N5O. The Balaban J connectivity index is 2.46. The molecule has 0 spiro atoms. The predicted molar refractivity (Wildman–Crippen MR) is 59.1 cm³/mol. The second kappa shape index (κ2) is 4.40. The molecule has 2 aromatic rings. The van der Waals surface area contributed by atoms with Gasteiger partial charge in [0.05, 0.1) is 0 Å². The monoisotopic (exact) mass is 253 g/mol. The number of nitrogens with two attached hydrogens (primary N) is 1. The van der Waals surface area contributed by atoms with Crippen molar-refractivity contribution in [3.8, 4) is 5.82 Å². The van der Waals surface area contributed by atoms with Gasteiger partial charge in [0.2, 0.25) is 0 Å². The Kier molecular flexibility index (Phi) is 2.92. The van der Waals surface area contributed by atoms with Crippen LogP contribution in [0.2, 0.25) is 0 Å². The van der Waals surface area contributed by atoms with E-state index in [9.17, 15) is 13.6 Å². The maximum Gasteiger partial charge on any atom is 0.271 e. The van der Waals surface area contributed by atoms with Gasteiger partial charge in [0.25, 0.3) is 5.91 Å². The summed E-state index contributed by atoms with van der Waals surface area (Å²) in [5.74, 6) is -3.01. The summed E-state index contributed by atoms with van der Waals surface area (Å²) in [5, 5.41) is 6.17. The van der Waals surface area contributed by atoms with Gasteiger partial charge in [0.1, 0.15) is 0 Å². The number of aromatic nitrogens is 3. The highest BCUT2D eigenvalue weighted by atomic mass is 19.1. The fraction of sp³-hybridized carbons (Fsp3) is 0.100. The molecule has 0 radical (unpaired) electrons. The van der Waals surface area contributed by atoms with Crippen LogP contribution in [0.1, 0.15) is 10.5 Å². The molecule has 0 aliphatic heterocycles. The molecule has 3 N–H and O–H groups in total. The molecule has 0 aliphatic carbocycles. The summed E-state index contributed by atoms with van der Waals surface area (Å²) in [6.45, 7) is 0. The first-order chi connectivity index (χ1) is 8.52. The van der Waals surface area contributed by atoms with E-state index in [1.807, 2.05) is 0 Å². The van der Waals surface area contributed by atoms with Crippen LogP contribution in [0.15, 0.2) is 18.3 Å². The minimum absolute atomic E-state index is 0.0848. The zero-order valence-corrected chi connectivity index (χ0v) is 9.32. The summed E-state index contributed by atoms with van der Waals surface area (Å²) in [7, 11) is 1.44. The highest BCUT2D eigenvalue weighted by Gasteiger charge is 2.14. The van der Waals surface area contributed by atoms with E-state index in [1.54, 1.807) is 0 Å². The number of hydrogen-bond acceptors (Lipinski definition) is 4. The minimum atomic E-state index is -0.949. The maximum atomic E-state index is 13.5. The van der Waals surface area contributed by atoms with Crippen LogP contribution in [-0.4, -0.2) is 27.7 Å². The molecule has 0 unspecified atom stereocenters. The van der Waals surface area contributed by atoms with Gasteiger partial charge in [0, 0.05) is 19.3 Å². The summed E-state index contributed by atoms with van der Waals surface area (Å²) >= 11 is 0. The number of hydrogen-bond donors (Lipinski definition) is 2. The van der Waals surface area contributed by atoms with E-state index in [-0.39, 0.29) is 11.5 Å². The number of carbonyl (C=O) groups is 1. The van der Waals surface area contributed by atoms with E-state index < -0.39 is 23.4 Å². The van der Waals surface area contributed by atoms with Crippen molar-refractivity contribution < 1.29 is 13.6 Å². The minimum Gasteiger partial charge on any atom is -0.381 e. The number of halogens is 2. The summed E-state index contributed by atoms with van der Waals surface area (Å²) in [4.78, 5) is 14.8. The SMILES string of the molecule is CNC(=O)c1ccn(-c2nc(N)c(F)cc2F)n1. The Morgan fingerprint density at radius 2 is 2.17 bits per heavy atom. The van der Waals surface area contributed by atoms with Crippen molar-refractivity contribution in [2.45, 2.75) is 0 Å². The van der Waals surface area contributed by atoms with Crippen LogP contribution in [-0.2, 0) is 0 Å². The van der Waals surface area contributed by atoms with E-state index in [2.05, 4.69) is 15.4 Å². The molecule has 6 nitrogen and oxygen atoms in total. The third-order valence-corrected chi connectivity index (χ3v) is 2.20. The average molecular weight is 253 g/mol. The number of pyridine rings is 1. The first-order valence-corrected chi connectivity index (χ1v) is 4.92. The van der Waals surface area contributed by atoms with Crippen LogP contribution < -0.4 is 11.1 Å². The zero-order valence-electron chi connectivity index (χ0n) is 9.32. The molecule has 2 heterocycles. The number of rotatable bonds is 2. The number of nitrogens with one attached hydrogen (secondary N) is 1. The molecule has 8 heteroatoms. The van der Waals surface area contributed by atoms with Gasteiger partial charge in [-0.15, -0.1) is 0 Å². The van der Waals surface area contributed by atoms with Gasteiger partial charge in [0.15, 0.2) is 29.0 Å². The van der Waals surface area contributed by atoms with Crippen molar-refractivity contribution in [3.05, 3.63) is 35.7 Å². The zero-order chi connectivity index (χ0) is 13.3. The van der Waals surface area contributed by atoms with Crippen LogP contribution in [0, 0.1) is 11.6 Å². The van der Waals surface area contributed by atoms with Crippen LogP contribution in [0.3, 0.4) is 0 Å². The molecule has 18 heavy (non-hydrogen) atoms. The van der Waals surface area contributed by atoms with Crippen molar-refractivity contribution in [2.75, 3.05) is 12.8 Å². The molecule has 0 fully saturated rings. The first-order valence-electron chi connectivity index (χ1n) is 4.92. The highest BCUT2D eigenvalue weighted by Crippen LogP contribution is 2.15. The van der Waals surface area contributed by atoms with Crippen molar-refractivity contribution in [3.63, 3.8) is 0 Å². The van der Waals surface area contributed by atoms with Gasteiger partial charge in [-0.1, -0.05) is 0 Å². The molecule has 0 aliphatic rings. The van der Waals surface area contributed by atoms with Gasteiger partial charge in [-0.3, -0.25) is 4.79 Å². The lowest BCUT2D eigenvalue weighted by Gasteiger charge is -2.04. The lowest BCUT2D eigenvalue weighted by Crippen LogP contribution is -2.18. The standard InChI is InChI=1S/C10H9F2N5O/c1-14-10(18)7-2-3-17(16-7)9-6(12)4-5(11)8(13)15-9/h2-4H,1H3,(H2,13,15)(H,14,18). The number of amides is 1. The van der Waals surface area contributed by atoms with E-state index in [0.29, 0.717) is 6.07 Å². The van der Waals surface area contributed by atoms with Crippen molar-refractivity contribution in [1.82, 2.24) is 20.1 Å². The molecular weight excluding hydrogens is 244 g/mol. The lowest BCUT2D eigenvalue weighted by atomic mass is 10.4.